The molecule has 3 nitrogen and oxygen atoms in total. The summed E-state index contributed by atoms with van der Waals surface area (Å²) in [4.78, 5) is 0. The standard InChI is InChI=1S/C13H21N3/c1-12(2)10-15-11-13-6-5-9-16(13)8-4-3-7-14/h5-6,9,12,15H,3-4,8,10-11H2,1-2H3. The number of hydrogen-bond donors (Lipinski definition) is 1. The van der Waals surface area contributed by atoms with E-state index in [1.54, 1.807) is 0 Å². The third-order valence-electron chi connectivity index (χ3n) is 2.47. The van der Waals surface area contributed by atoms with Crippen molar-refractivity contribution in [2.75, 3.05) is 6.54 Å². The molecule has 0 spiro atoms. The Morgan fingerprint density at radius 2 is 2.31 bits per heavy atom. The van der Waals surface area contributed by atoms with Gasteiger partial charge in [0.05, 0.1) is 6.07 Å². The second-order valence-electron chi connectivity index (χ2n) is 4.48. The van der Waals surface area contributed by atoms with E-state index in [1.165, 1.54) is 5.69 Å². The Labute approximate surface area is 98.1 Å². The first-order chi connectivity index (χ1) is 7.74. The Bertz CT molecular complexity index is 333. The van der Waals surface area contributed by atoms with Crippen molar-refractivity contribution < 1.29 is 0 Å². The summed E-state index contributed by atoms with van der Waals surface area (Å²) in [5.41, 5.74) is 1.30. The van der Waals surface area contributed by atoms with Crippen molar-refractivity contribution in [3.05, 3.63) is 24.0 Å². The molecule has 88 valence electrons. The molecule has 1 rings (SSSR count). The van der Waals surface area contributed by atoms with Crippen molar-refractivity contribution in [3.63, 3.8) is 0 Å². The van der Waals surface area contributed by atoms with Gasteiger partial charge in [0.25, 0.3) is 0 Å². The molecule has 1 heterocycles. The predicted molar refractivity (Wildman–Crippen MR) is 65.8 cm³/mol. The normalized spacial score (nSPS) is 10.6. The summed E-state index contributed by atoms with van der Waals surface area (Å²) in [7, 11) is 0. The topological polar surface area (TPSA) is 40.8 Å². The fourth-order valence-electron chi connectivity index (χ4n) is 1.65. The van der Waals surface area contributed by atoms with Gasteiger partial charge in [-0.15, -0.1) is 0 Å². The van der Waals surface area contributed by atoms with Crippen LogP contribution in [-0.4, -0.2) is 11.1 Å². The molecule has 0 aliphatic carbocycles. The van der Waals surface area contributed by atoms with Crippen LogP contribution in [0.15, 0.2) is 18.3 Å². The molecule has 3 heteroatoms. The predicted octanol–water partition coefficient (Wildman–Crippen LogP) is 2.54. The molecule has 16 heavy (non-hydrogen) atoms. The summed E-state index contributed by atoms with van der Waals surface area (Å²) >= 11 is 0. The first kappa shape index (κ1) is 12.8. The molecule has 1 N–H and O–H groups in total. The maximum absolute atomic E-state index is 8.50. The van der Waals surface area contributed by atoms with E-state index in [1.807, 2.05) is 0 Å². The second-order valence-corrected chi connectivity index (χ2v) is 4.48. The maximum atomic E-state index is 8.50. The molecule has 0 saturated carbocycles. The van der Waals surface area contributed by atoms with Crippen LogP contribution >= 0.6 is 0 Å². The minimum absolute atomic E-state index is 0.636. The van der Waals surface area contributed by atoms with E-state index in [-0.39, 0.29) is 0 Å². The number of unbranched alkanes of at least 4 members (excludes halogenated alkanes) is 1. The van der Waals surface area contributed by atoms with E-state index in [0.29, 0.717) is 12.3 Å². The third kappa shape index (κ3) is 4.50. The van der Waals surface area contributed by atoms with Gasteiger partial charge in [0, 0.05) is 31.4 Å². The van der Waals surface area contributed by atoms with Crippen LogP contribution in [0, 0.1) is 17.2 Å². The fourth-order valence-corrected chi connectivity index (χ4v) is 1.65. The van der Waals surface area contributed by atoms with E-state index in [2.05, 4.69) is 48.1 Å². The first-order valence-electron chi connectivity index (χ1n) is 5.95. The molecule has 0 radical (unpaired) electrons. The van der Waals surface area contributed by atoms with Gasteiger partial charge in [-0.25, -0.2) is 0 Å². The molecule has 0 amide bonds. The Hall–Kier alpha value is -1.27. The van der Waals surface area contributed by atoms with Crippen molar-refractivity contribution in [2.24, 2.45) is 5.92 Å². The zero-order valence-corrected chi connectivity index (χ0v) is 10.2. The fraction of sp³-hybridized carbons (Fsp3) is 0.615. The highest BCUT2D eigenvalue weighted by Crippen LogP contribution is 2.04. The first-order valence-corrected chi connectivity index (χ1v) is 5.95. The zero-order valence-electron chi connectivity index (χ0n) is 10.2. The Kier molecular flexibility index (Phi) is 5.66. The van der Waals surface area contributed by atoms with E-state index in [4.69, 9.17) is 5.26 Å². The summed E-state index contributed by atoms with van der Waals surface area (Å²) in [6, 6.07) is 6.39. The van der Waals surface area contributed by atoms with Crippen molar-refractivity contribution in [1.82, 2.24) is 9.88 Å². The van der Waals surface area contributed by atoms with Crippen LogP contribution in [-0.2, 0) is 13.1 Å². The molecular formula is C13H21N3. The lowest BCUT2D eigenvalue weighted by atomic mass is 10.2. The Morgan fingerprint density at radius 1 is 1.50 bits per heavy atom. The molecule has 0 aromatic carbocycles. The smallest absolute Gasteiger partial charge is 0.0622 e. The van der Waals surface area contributed by atoms with Crippen LogP contribution in [0.5, 0.6) is 0 Å². The Balaban J connectivity index is 2.35. The minimum Gasteiger partial charge on any atom is -0.350 e. The van der Waals surface area contributed by atoms with Crippen LogP contribution in [0.2, 0.25) is 0 Å². The number of nitrogens with zero attached hydrogens (tertiary/aromatic N) is 2. The third-order valence-corrected chi connectivity index (χ3v) is 2.47. The molecule has 0 aliphatic heterocycles. The van der Waals surface area contributed by atoms with Crippen molar-refractivity contribution in [3.8, 4) is 6.07 Å². The number of rotatable bonds is 7. The van der Waals surface area contributed by atoms with Crippen LogP contribution < -0.4 is 5.32 Å². The average Bonchev–Trinajstić information content (AvgIpc) is 2.66. The van der Waals surface area contributed by atoms with Gasteiger partial charge in [0.15, 0.2) is 0 Å². The van der Waals surface area contributed by atoms with E-state index in [9.17, 15) is 0 Å². The zero-order chi connectivity index (χ0) is 11.8. The highest BCUT2D eigenvalue weighted by atomic mass is 15.0. The van der Waals surface area contributed by atoms with Crippen LogP contribution in [0.1, 0.15) is 32.4 Å². The number of nitrogens with one attached hydrogen (secondary N) is 1. The van der Waals surface area contributed by atoms with Gasteiger partial charge < -0.3 is 9.88 Å². The van der Waals surface area contributed by atoms with Gasteiger partial charge in [-0.2, -0.15) is 5.26 Å². The average molecular weight is 219 g/mol. The number of aryl methyl sites for hydroxylation is 1. The highest BCUT2D eigenvalue weighted by molar-refractivity contribution is 5.06. The largest absolute Gasteiger partial charge is 0.350 e. The van der Waals surface area contributed by atoms with Crippen LogP contribution in [0.3, 0.4) is 0 Å². The second kappa shape index (κ2) is 7.08. The molecule has 0 unspecified atom stereocenters. The van der Waals surface area contributed by atoms with Gasteiger partial charge in [0.2, 0.25) is 0 Å². The van der Waals surface area contributed by atoms with E-state index < -0.39 is 0 Å². The summed E-state index contributed by atoms with van der Waals surface area (Å²) in [5.74, 6) is 0.682. The lowest BCUT2D eigenvalue weighted by Crippen LogP contribution is -2.20. The van der Waals surface area contributed by atoms with Crippen molar-refractivity contribution >= 4 is 0 Å². The summed E-state index contributed by atoms with van der Waals surface area (Å²) in [5, 5.41) is 11.9. The van der Waals surface area contributed by atoms with Gasteiger partial charge in [-0.1, -0.05) is 13.8 Å². The van der Waals surface area contributed by atoms with Gasteiger partial charge in [0.1, 0.15) is 0 Å². The monoisotopic (exact) mass is 219 g/mol. The maximum Gasteiger partial charge on any atom is 0.0622 e. The number of nitriles is 1. The Morgan fingerprint density at radius 3 is 3.00 bits per heavy atom. The lowest BCUT2D eigenvalue weighted by molar-refractivity contribution is 0.530. The van der Waals surface area contributed by atoms with Gasteiger partial charge in [-0.05, 0) is 31.0 Å². The lowest BCUT2D eigenvalue weighted by Gasteiger charge is -2.10. The van der Waals surface area contributed by atoms with E-state index in [0.717, 1.165) is 26.1 Å². The molecule has 1 aromatic heterocycles. The summed E-state index contributed by atoms with van der Waals surface area (Å²) in [6.07, 6.45) is 3.66. The summed E-state index contributed by atoms with van der Waals surface area (Å²) < 4.78 is 2.23. The minimum atomic E-state index is 0.636. The van der Waals surface area contributed by atoms with Gasteiger partial charge in [-0.3, -0.25) is 0 Å². The van der Waals surface area contributed by atoms with Crippen LogP contribution in [0.4, 0.5) is 0 Å². The van der Waals surface area contributed by atoms with Gasteiger partial charge >= 0.3 is 0 Å². The quantitative estimate of drug-likeness (QED) is 0.716. The molecular weight excluding hydrogens is 198 g/mol. The van der Waals surface area contributed by atoms with Crippen molar-refractivity contribution in [2.45, 2.75) is 39.8 Å². The summed E-state index contributed by atoms with van der Waals surface area (Å²) in [6.45, 7) is 7.32. The molecule has 0 bridgehead atoms. The molecule has 0 aliphatic rings. The van der Waals surface area contributed by atoms with Crippen LogP contribution in [0.25, 0.3) is 0 Å². The van der Waals surface area contributed by atoms with Crippen molar-refractivity contribution in [1.29, 1.82) is 5.26 Å². The highest BCUT2D eigenvalue weighted by Gasteiger charge is 2.00. The molecule has 0 fully saturated rings. The molecule has 1 aromatic rings. The molecule has 0 atom stereocenters. The number of aromatic nitrogens is 1. The number of hydrogen-bond acceptors (Lipinski definition) is 2. The molecule has 0 saturated heterocycles. The SMILES string of the molecule is CC(C)CNCc1cccn1CCCC#N. The van der Waals surface area contributed by atoms with E-state index >= 15 is 0 Å².